The van der Waals surface area contributed by atoms with E-state index in [1.165, 1.54) is 24.4 Å². The van der Waals surface area contributed by atoms with Crippen molar-refractivity contribution >= 4 is 61.3 Å². The molecule has 7 nitrogen and oxygen atoms in total. The number of aryl methyl sites for hydroxylation is 1. The maximum atomic E-state index is 13.4. The monoisotopic (exact) mass is 583 g/mol. The molecule has 0 heterocycles. The summed E-state index contributed by atoms with van der Waals surface area (Å²) in [7, 11) is -4.08. The highest BCUT2D eigenvalue weighted by atomic mass is 79.9. The molecule has 2 N–H and O–H groups in total. The normalized spacial score (nSPS) is 11.8. The lowest BCUT2D eigenvalue weighted by Crippen LogP contribution is -2.39. The minimum atomic E-state index is -4.08. The number of rotatable bonds is 8. The van der Waals surface area contributed by atoms with Crippen LogP contribution in [-0.2, 0) is 21.4 Å². The van der Waals surface area contributed by atoms with Crippen molar-refractivity contribution in [2.75, 3.05) is 6.54 Å². The third kappa shape index (κ3) is 6.58. The van der Waals surface area contributed by atoms with Crippen LogP contribution in [0, 0.1) is 6.92 Å². The van der Waals surface area contributed by atoms with E-state index in [0.29, 0.717) is 15.6 Å². The van der Waals surface area contributed by atoms with Crippen LogP contribution in [-0.4, -0.2) is 36.5 Å². The maximum absolute atomic E-state index is 13.4. The molecule has 0 spiro atoms. The quantitative estimate of drug-likeness (QED) is 0.284. The Balaban J connectivity index is 1.86. The molecule has 3 aromatic carbocycles. The number of carbonyl (C=O) groups excluding carboxylic acids is 1. The molecule has 178 valence electrons. The first-order valence-corrected chi connectivity index (χ1v) is 12.9. The standard InChI is InChI=1S/C23H20BrCl2N3O4S/c1-15-5-8-18(9-6-15)34(32,33)29(13-19-20(25)3-2-4-21(19)26)14-23(31)28-27-12-16-11-17(24)7-10-22(16)30/h2-12,30H,13-14H2,1H3,(H,28,31)/b27-12-. The molecule has 0 saturated carbocycles. The van der Waals surface area contributed by atoms with Gasteiger partial charge in [-0.1, -0.05) is 62.9 Å². The molecular weight excluding hydrogens is 565 g/mol. The number of hydrazone groups is 1. The van der Waals surface area contributed by atoms with E-state index in [-0.39, 0.29) is 27.2 Å². The second-order valence-corrected chi connectivity index (χ2v) is 11.0. The van der Waals surface area contributed by atoms with Crippen LogP contribution in [0.4, 0.5) is 0 Å². The van der Waals surface area contributed by atoms with E-state index in [4.69, 9.17) is 23.2 Å². The summed E-state index contributed by atoms with van der Waals surface area (Å²) in [5.74, 6) is -0.720. The van der Waals surface area contributed by atoms with Gasteiger partial charge in [-0.3, -0.25) is 4.79 Å². The summed E-state index contributed by atoms with van der Waals surface area (Å²) in [6.45, 7) is 1.07. The molecule has 0 aliphatic rings. The fraction of sp³-hybridized carbons (Fsp3) is 0.130. The molecule has 34 heavy (non-hydrogen) atoms. The summed E-state index contributed by atoms with van der Waals surface area (Å²) < 4.78 is 28.4. The van der Waals surface area contributed by atoms with Gasteiger partial charge in [-0.2, -0.15) is 9.41 Å². The highest BCUT2D eigenvalue weighted by molar-refractivity contribution is 9.10. The van der Waals surface area contributed by atoms with Gasteiger partial charge in [0.15, 0.2) is 0 Å². The van der Waals surface area contributed by atoms with Crippen LogP contribution in [0.5, 0.6) is 5.75 Å². The number of phenols is 1. The summed E-state index contributed by atoms with van der Waals surface area (Å²) >= 11 is 15.8. The number of carbonyl (C=O) groups is 1. The van der Waals surface area contributed by atoms with Crippen molar-refractivity contribution < 1.29 is 18.3 Å². The zero-order valence-electron chi connectivity index (χ0n) is 17.9. The molecule has 0 radical (unpaired) electrons. The average Bonchev–Trinajstić information content (AvgIpc) is 2.78. The van der Waals surface area contributed by atoms with Crippen molar-refractivity contribution in [2.45, 2.75) is 18.4 Å². The summed E-state index contributed by atoms with van der Waals surface area (Å²) in [4.78, 5) is 12.6. The smallest absolute Gasteiger partial charge is 0.255 e. The van der Waals surface area contributed by atoms with Gasteiger partial charge in [-0.25, -0.2) is 13.8 Å². The predicted molar refractivity (Wildman–Crippen MR) is 137 cm³/mol. The van der Waals surface area contributed by atoms with Gasteiger partial charge in [-0.15, -0.1) is 0 Å². The van der Waals surface area contributed by atoms with E-state index in [1.807, 2.05) is 6.92 Å². The summed E-state index contributed by atoms with van der Waals surface area (Å²) in [5, 5.41) is 14.3. The van der Waals surface area contributed by atoms with E-state index in [9.17, 15) is 18.3 Å². The summed E-state index contributed by atoms with van der Waals surface area (Å²) in [6.07, 6.45) is 1.25. The maximum Gasteiger partial charge on any atom is 0.255 e. The minimum Gasteiger partial charge on any atom is -0.507 e. The van der Waals surface area contributed by atoms with Gasteiger partial charge >= 0.3 is 0 Å². The predicted octanol–water partition coefficient (Wildman–Crippen LogP) is 5.11. The van der Waals surface area contributed by atoms with Gasteiger partial charge in [-0.05, 0) is 49.4 Å². The summed E-state index contributed by atoms with van der Waals surface area (Å²) in [5.41, 5.74) is 3.91. The van der Waals surface area contributed by atoms with Crippen LogP contribution >= 0.6 is 39.1 Å². The van der Waals surface area contributed by atoms with Crippen LogP contribution in [0.25, 0.3) is 0 Å². The van der Waals surface area contributed by atoms with Crippen molar-refractivity contribution in [1.82, 2.24) is 9.73 Å². The molecule has 0 saturated heterocycles. The Labute approximate surface area is 216 Å². The van der Waals surface area contributed by atoms with E-state index in [0.717, 1.165) is 9.87 Å². The molecule has 1 amide bonds. The zero-order chi connectivity index (χ0) is 24.9. The Morgan fingerprint density at radius 2 is 1.76 bits per heavy atom. The molecule has 0 atom stereocenters. The highest BCUT2D eigenvalue weighted by Gasteiger charge is 2.28. The molecule has 0 bridgehead atoms. The molecule has 3 rings (SSSR count). The molecule has 0 aromatic heterocycles. The lowest BCUT2D eigenvalue weighted by atomic mass is 10.2. The number of hydrogen-bond donors (Lipinski definition) is 2. The van der Waals surface area contributed by atoms with Gasteiger partial charge in [0.2, 0.25) is 10.0 Å². The molecule has 0 unspecified atom stereocenters. The molecule has 3 aromatic rings. The Bertz CT molecular complexity index is 1310. The number of phenolic OH excluding ortho intramolecular Hbond substituents is 1. The van der Waals surface area contributed by atoms with E-state index >= 15 is 0 Å². The molecule has 0 fully saturated rings. The summed E-state index contributed by atoms with van der Waals surface area (Å²) in [6, 6.07) is 15.8. The number of nitrogens with zero attached hydrogens (tertiary/aromatic N) is 2. The van der Waals surface area contributed by atoms with Crippen LogP contribution < -0.4 is 5.43 Å². The first-order chi connectivity index (χ1) is 16.1. The van der Waals surface area contributed by atoms with Crippen LogP contribution in [0.2, 0.25) is 10.0 Å². The van der Waals surface area contributed by atoms with Crippen LogP contribution in [0.1, 0.15) is 16.7 Å². The highest BCUT2D eigenvalue weighted by Crippen LogP contribution is 2.28. The number of halogens is 3. The first kappa shape index (κ1) is 26.2. The number of aromatic hydroxyl groups is 1. The van der Waals surface area contributed by atoms with Crippen molar-refractivity contribution in [3.63, 3.8) is 0 Å². The zero-order valence-corrected chi connectivity index (χ0v) is 21.8. The van der Waals surface area contributed by atoms with Gasteiger partial charge in [0, 0.05) is 32.2 Å². The first-order valence-electron chi connectivity index (χ1n) is 9.88. The number of nitrogens with one attached hydrogen (secondary N) is 1. The third-order valence-electron chi connectivity index (χ3n) is 4.76. The lowest BCUT2D eigenvalue weighted by molar-refractivity contribution is -0.121. The van der Waals surface area contributed by atoms with Crippen LogP contribution in [0.15, 0.2) is 75.1 Å². The SMILES string of the molecule is Cc1ccc(S(=O)(=O)N(CC(=O)N/N=C\c2cc(Br)ccc2O)Cc2c(Cl)cccc2Cl)cc1. The number of benzene rings is 3. The van der Waals surface area contributed by atoms with Crippen molar-refractivity contribution in [3.8, 4) is 5.75 Å². The van der Waals surface area contributed by atoms with Gasteiger partial charge in [0.25, 0.3) is 5.91 Å². The lowest BCUT2D eigenvalue weighted by Gasteiger charge is -2.22. The van der Waals surface area contributed by atoms with E-state index < -0.39 is 22.5 Å². The number of sulfonamides is 1. The Morgan fingerprint density at radius 3 is 2.41 bits per heavy atom. The average molecular weight is 585 g/mol. The molecule has 0 aliphatic heterocycles. The van der Waals surface area contributed by atoms with Gasteiger partial charge in [0.05, 0.1) is 17.7 Å². The fourth-order valence-electron chi connectivity index (χ4n) is 2.94. The second kappa shape index (κ2) is 11.3. The van der Waals surface area contributed by atoms with E-state index in [2.05, 4.69) is 26.5 Å². The topological polar surface area (TPSA) is 99.1 Å². The Hall–Kier alpha value is -2.43. The third-order valence-corrected chi connectivity index (χ3v) is 7.76. The second-order valence-electron chi connectivity index (χ2n) is 7.28. The minimum absolute atomic E-state index is 0.0247. The fourth-order valence-corrected chi connectivity index (χ4v) is 5.20. The number of amides is 1. The van der Waals surface area contributed by atoms with Crippen molar-refractivity contribution in [3.05, 3.63) is 91.9 Å². The van der Waals surface area contributed by atoms with Crippen LogP contribution in [0.3, 0.4) is 0 Å². The number of hydrogen-bond acceptors (Lipinski definition) is 5. The van der Waals surface area contributed by atoms with Gasteiger partial charge < -0.3 is 5.11 Å². The van der Waals surface area contributed by atoms with Crippen molar-refractivity contribution in [2.24, 2.45) is 5.10 Å². The molecule has 0 aliphatic carbocycles. The van der Waals surface area contributed by atoms with Gasteiger partial charge in [0.1, 0.15) is 5.75 Å². The Morgan fingerprint density at radius 1 is 1.12 bits per heavy atom. The molecular formula is C23H20BrCl2N3O4S. The van der Waals surface area contributed by atoms with Crippen molar-refractivity contribution in [1.29, 1.82) is 0 Å². The molecule has 11 heteroatoms. The van der Waals surface area contributed by atoms with E-state index in [1.54, 1.807) is 42.5 Å². The Kier molecular flexibility index (Phi) is 8.72. The largest absolute Gasteiger partial charge is 0.507 e.